The number of nitrogen functional groups attached to an aromatic ring is 1. The van der Waals surface area contributed by atoms with E-state index in [2.05, 4.69) is 4.72 Å². The van der Waals surface area contributed by atoms with Gasteiger partial charge in [0.1, 0.15) is 0 Å². The van der Waals surface area contributed by atoms with Crippen molar-refractivity contribution in [2.24, 2.45) is 0 Å². The van der Waals surface area contributed by atoms with E-state index in [1.807, 2.05) is 0 Å². The Morgan fingerprint density at radius 3 is 2.58 bits per heavy atom. The third-order valence-electron chi connectivity index (χ3n) is 2.83. The molecule has 19 heavy (non-hydrogen) atoms. The number of hydrogen-bond donors (Lipinski definition) is 2. The zero-order valence-electron chi connectivity index (χ0n) is 9.84. The molecule has 0 saturated carbocycles. The van der Waals surface area contributed by atoms with Crippen molar-refractivity contribution in [1.29, 1.82) is 0 Å². The molecule has 0 aliphatic carbocycles. The molecule has 1 atom stereocenters. The minimum atomic E-state index is -3.79. The van der Waals surface area contributed by atoms with Gasteiger partial charge < -0.3 is 5.73 Å². The predicted molar refractivity (Wildman–Crippen MR) is 73.2 cm³/mol. The topological polar surface area (TPSA) is 106 Å². The highest BCUT2D eigenvalue weighted by Crippen LogP contribution is 2.23. The monoisotopic (exact) mass is 324 g/mol. The number of sulfonamides is 1. The van der Waals surface area contributed by atoms with Gasteiger partial charge in [0.05, 0.1) is 27.1 Å². The van der Waals surface area contributed by atoms with Crippen molar-refractivity contribution in [3.8, 4) is 0 Å². The van der Waals surface area contributed by atoms with Gasteiger partial charge in [0.15, 0.2) is 9.84 Å². The number of nitrogens with one attached hydrogen (secondary N) is 1. The molecule has 0 radical (unpaired) electrons. The van der Waals surface area contributed by atoms with Gasteiger partial charge in [-0.3, -0.25) is 0 Å². The summed E-state index contributed by atoms with van der Waals surface area (Å²) in [5.74, 6) is -0.168. The minimum Gasteiger partial charge on any atom is -0.397 e. The maximum absolute atomic E-state index is 12.1. The first-order chi connectivity index (χ1) is 8.70. The van der Waals surface area contributed by atoms with Crippen LogP contribution < -0.4 is 10.5 Å². The summed E-state index contributed by atoms with van der Waals surface area (Å²) >= 11 is 5.72. The van der Waals surface area contributed by atoms with Crippen LogP contribution in [0.2, 0.25) is 5.02 Å². The average molecular weight is 325 g/mol. The summed E-state index contributed by atoms with van der Waals surface area (Å²) < 4.78 is 49.1. The molecular weight excluding hydrogens is 312 g/mol. The second kappa shape index (κ2) is 4.93. The number of rotatable bonds is 3. The van der Waals surface area contributed by atoms with Crippen molar-refractivity contribution in [3.63, 3.8) is 0 Å². The smallest absolute Gasteiger partial charge is 0.240 e. The molecule has 1 unspecified atom stereocenters. The number of nitrogens with two attached hydrogens (primary N) is 1. The minimum absolute atomic E-state index is 0.00292. The Bertz CT molecular complexity index is 700. The summed E-state index contributed by atoms with van der Waals surface area (Å²) in [7, 11) is -6.92. The van der Waals surface area contributed by atoms with E-state index in [9.17, 15) is 16.8 Å². The molecule has 0 aromatic heterocycles. The van der Waals surface area contributed by atoms with E-state index < -0.39 is 25.9 Å². The number of anilines is 1. The molecule has 9 heteroatoms. The SMILES string of the molecule is Nc1cc(S(=O)(=O)NC2CCS(=O)(=O)C2)ccc1Cl. The number of hydrogen-bond acceptors (Lipinski definition) is 5. The number of halogens is 1. The molecule has 0 spiro atoms. The lowest BCUT2D eigenvalue weighted by molar-refractivity contribution is 0.562. The molecule has 1 aromatic carbocycles. The molecule has 0 amide bonds. The number of sulfone groups is 1. The lowest BCUT2D eigenvalue weighted by Crippen LogP contribution is -2.35. The Labute approximate surface area is 116 Å². The molecule has 3 N–H and O–H groups in total. The fourth-order valence-corrected chi connectivity index (χ4v) is 5.07. The summed E-state index contributed by atoms with van der Waals surface area (Å²) in [5, 5.41) is 0.266. The summed E-state index contributed by atoms with van der Waals surface area (Å²) in [5.41, 5.74) is 5.70. The van der Waals surface area contributed by atoms with Crippen LogP contribution in [0.4, 0.5) is 5.69 Å². The second-order valence-corrected chi connectivity index (χ2v) is 8.75. The van der Waals surface area contributed by atoms with Gasteiger partial charge in [-0.15, -0.1) is 0 Å². The molecule has 1 fully saturated rings. The predicted octanol–water partition coefficient (Wildman–Crippen LogP) is 0.388. The van der Waals surface area contributed by atoms with Gasteiger partial charge >= 0.3 is 0 Å². The van der Waals surface area contributed by atoms with Crippen molar-refractivity contribution < 1.29 is 16.8 Å². The fourth-order valence-electron chi connectivity index (χ4n) is 1.86. The molecule has 1 aliphatic rings. The summed E-state index contributed by atoms with van der Waals surface area (Å²) in [6.45, 7) is 0. The number of benzene rings is 1. The van der Waals surface area contributed by atoms with Crippen LogP contribution in [0, 0.1) is 0 Å². The van der Waals surface area contributed by atoms with E-state index >= 15 is 0 Å². The molecule has 1 aromatic rings. The van der Waals surface area contributed by atoms with Gasteiger partial charge in [-0.05, 0) is 24.6 Å². The quantitative estimate of drug-likeness (QED) is 0.782. The Morgan fingerprint density at radius 1 is 1.37 bits per heavy atom. The molecule has 106 valence electrons. The van der Waals surface area contributed by atoms with Crippen LogP contribution in [0.3, 0.4) is 0 Å². The summed E-state index contributed by atoms with van der Waals surface area (Å²) in [6, 6.07) is 3.36. The van der Waals surface area contributed by atoms with Gasteiger partial charge in [0, 0.05) is 6.04 Å². The average Bonchev–Trinajstić information content (AvgIpc) is 2.61. The Morgan fingerprint density at radius 2 is 2.05 bits per heavy atom. The normalized spacial score (nSPS) is 22.5. The van der Waals surface area contributed by atoms with Gasteiger partial charge in [-0.2, -0.15) is 0 Å². The van der Waals surface area contributed by atoms with Crippen LogP contribution in [-0.2, 0) is 19.9 Å². The van der Waals surface area contributed by atoms with Crippen molar-refractivity contribution in [3.05, 3.63) is 23.2 Å². The third-order valence-corrected chi connectivity index (χ3v) is 6.46. The van der Waals surface area contributed by atoms with Crippen LogP contribution in [0.1, 0.15) is 6.42 Å². The standard InChI is InChI=1S/C10H13ClN2O4S2/c11-9-2-1-8(5-10(9)12)19(16,17)13-7-3-4-18(14,15)6-7/h1-2,5,7,13H,3-4,6,12H2. The second-order valence-electron chi connectivity index (χ2n) is 4.40. The first-order valence-electron chi connectivity index (χ1n) is 5.47. The van der Waals surface area contributed by atoms with Crippen LogP contribution in [0.25, 0.3) is 0 Å². The lowest BCUT2D eigenvalue weighted by Gasteiger charge is -2.12. The molecule has 1 heterocycles. The van der Waals surface area contributed by atoms with E-state index in [-0.39, 0.29) is 33.5 Å². The van der Waals surface area contributed by atoms with Gasteiger partial charge in [0.2, 0.25) is 10.0 Å². The summed E-state index contributed by atoms with van der Waals surface area (Å²) in [6.07, 6.45) is 0.282. The van der Waals surface area contributed by atoms with E-state index in [1.54, 1.807) is 0 Å². The van der Waals surface area contributed by atoms with E-state index in [0.717, 1.165) is 0 Å². The van der Waals surface area contributed by atoms with Crippen LogP contribution in [0.15, 0.2) is 23.1 Å². The zero-order valence-corrected chi connectivity index (χ0v) is 12.2. The van der Waals surface area contributed by atoms with Crippen molar-refractivity contribution in [2.45, 2.75) is 17.4 Å². The third kappa shape index (κ3) is 3.38. The van der Waals surface area contributed by atoms with Gasteiger partial charge in [0.25, 0.3) is 0 Å². The molecule has 1 saturated heterocycles. The summed E-state index contributed by atoms with van der Waals surface area (Å²) in [4.78, 5) is -0.0290. The van der Waals surface area contributed by atoms with E-state index in [0.29, 0.717) is 0 Å². The largest absolute Gasteiger partial charge is 0.397 e. The first kappa shape index (κ1) is 14.6. The van der Waals surface area contributed by atoms with Gasteiger partial charge in [-0.25, -0.2) is 21.6 Å². The van der Waals surface area contributed by atoms with Crippen LogP contribution >= 0.6 is 11.6 Å². The first-order valence-corrected chi connectivity index (χ1v) is 9.16. The molecular formula is C10H13ClN2O4S2. The van der Waals surface area contributed by atoms with Gasteiger partial charge in [-0.1, -0.05) is 11.6 Å². The maximum atomic E-state index is 12.1. The van der Waals surface area contributed by atoms with E-state index in [1.165, 1.54) is 18.2 Å². The Kier molecular flexibility index (Phi) is 3.78. The van der Waals surface area contributed by atoms with Crippen molar-refractivity contribution in [1.82, 2.24) is 4.72 Å². The Balaban J connectivity index is 2.21. The fraction of sp³-hybridized carbons (Fsp3) is 0.400. The molecule has 6 nitrogen and oxygen atoms in total. The Hall–Kier alpha value is -0.830. The lowest BCUT2D eigenvalue weighted by atomic mass is 10.3. The van der Waals surface area contributed by atoms with Crippen molar-refractivity contribution >= 4 is 37.1 Å². The van der Waals surface area contributed by atoms with Crippen LogP contribution in [0.5, 0.6) is 0 Å². The van der Waals surface area contributed by atoms with E-state index in [4.69, 9.17) is 17.3 Å². The highest BCUT2D eigenvalue weighted by molar-refractivity contribution is 7.92. The maximum Gasteiger partial charge on any atom is 0.240 e. The van der Waals surface area contributed by atoms with Crippen LogP contribution in [-0.4, -0.2) is 34.4 Å². The van der Waals surface area contributed by atoms with Crippen molar-refractivity contribution in [2.75, 3.05) is 17.2 Å². The molecule has 0 bridgehead atoms. The molecule has 1 aliphatic heterocycles. The highest BCUT2D eigenvalue weighted by atomic mass is 35.5. The zero-order chi connectivity index (χ0) is 14.3. The molecule has 2 rings (SSSR count). The highest BCUT2D eigenvalue weighted by Gasteiger charge is 2.31.